The van der Waals surface area contributed by atoms with Crippen LogP contribution in [0.2, 0.25) is 0 Å². The summed E-state index contributed by atoms with van der Waals surface area (Å²) in [5.74, 6) is 0.769. The Kier molecular flexibility index (Phi) is 5.65. The summed E-state index contributed by atoms with van der Waals surface area (Å²) in [5.41, 5.74) is 1.44. The Bertz CT molecular complexity index is 518. The molecule has 0 saturated heterocycles. The SMILES string of the molecule is COc1ccc(-c2csc(=S)n2[O-])cc1.[K+]. The zero-order valence-electron chi connectivity index (χ0n) is 8.97. The Morgan fingerprint density at radius 1 is 1.31 bits per heavy atom. The van der Waals surface area contributed by atoms with Crippen molar-refractivity contribution in [2.75, 3.05) is 7.11 Å². The fourth-order valence-corrected chi connectivity index (χ4v) is 2.13. The normalized spacial score (nSPS) is 9.56. The van der Waals surface area contributed by atoms with Crippen LogP contribution in [0.15, 0.2) is 29.6 Å². The minimum Gasteiger partial charge on any atom is -0.804 e. The molecule has 2 rings (SSSR count). The van der Waals surface area contributed by atoms with Crippen molar-refractivity contribution < 1.29 is 56.1 Å². The third-order valence-electron chi connectivity index (χ3n) is 2.04. The van der Waals surface area contributed by atoms with E-state index in [1.807, 2.05) is 24.3 Å². The van der Waals surface area contributed by atoms with Crippen LogP contribution in [0.4, 0.5) is 0 Å². The van der Waals surface area contributed by atoms with Gasteiger partial charge in [-0.05, 0) is 42.0 Å². The van der Waals surface area contributed by atoms with E-state index >= 15 is 0 Å². The first-order chi connectivity index (χ1) is 7.22. The summed E-state index contributed by atoms with van der Waals surface area (Å²) in [6.45, 7) is 0. The Hall–Kier alpha value is 0.306. The molecule has 1 aromatic heterocycles. The number of rotatable bonds is 2. The summed E-state index contributed by atoms with van der Waals surface area (Å²) in [4.78, 5) is 0. The molecule has 0 bridgehead atoms. The molecule has 0 aliphatic carbocycles. The number of hydrogen-bond acceptors (Lipinski definition) is 4. The van der Waals surface area contributed by atoms with Crippen molar-refractivity contribution in [1.29, 1.82) is 0 Å². The third-order valence-corrected chi connectivity index (χ3v) is 3.20. The largest absolute Gasteiger partial charge is 1.00 e. The molecule has 0 radical (unpaired) electrons. The van der Waals surface area contributed by atoms with Crippen LogP contribution >= 0.6 is 23.6 Å². The average molecular weight is 277 g/mol. The maximum atomic E-state index is 11.5. The van der Waals surface area contributed by atoms with Gasteiger partial charge in [-0.25, -0.2) is 0 Å². The van der Waals surface area contributed by atoms with Crippen molar-refractivity contribution in [2.45, 2.75) is 0 Å². The van der Waals surface area contributed by atoms with Gasteiger partial charge in [0.25, 0.3) is 0 Å². The van der Waals surface area contributed by atoms with Gasteiger partial charge in [-0.2, -0.15) is 0 Å². The summed E-state index contributed by atoms with van der Waals surface area (Å²) in [7, 11) is 1.61. The minimum absolute atomic E-state index is 0. The van der Waals surface area contributed by atoms with Crippen LogP contribution in [-0.4, -0.2) is 11.8 Å². The smallest absolute Gasteiger partial charge is 0.804 e. The van der Waals surface area contributed by atoms with E-state index in [2.05, 4.69) is 0 Å². The molecule has 0 aliphatic heterocycles. The van der Waals surface area contributed by atoms with Crippen LogP contribution < -0.4 is 56.1 Å². The number of ether oxygens (including phenoxy) is 1. The topological polar surface area (TPSA) is 37.2 Å². The van der Waals surface area contributed by atoms with Crippen LogP contribution in [0.25, 0.3) is 11.3 Å². The van der Waals surface area contributed by atoms with Crippen molar-refractivity contribution in [3.8, 4) is 17.0 Å². The van der Waals surface area contributed by atoms with E-state index in [-0.39, 0.29) is 51.4 Å². The molecule has 0 N–H and O–H groups in total. The van der Waals surface area contributed by atoms with Crippen molar-refractivity contribution in [3.05, 3.63) is 38.8 Å². The maximum Gasteiger partial charge on any atom is 1.00 e. The number of hydrogen-bond donors (Lipinski definition) is 0. The second-order valence-electron chi connectivity index (χ2n) is 2.91. The van der Waals surface area contributed by atoms with E-state index < -0.39 is 0 Å². The zero-order chi connectivity index (χ0) is 10.8. The molecule has 0 fully saturated rings. The van der Waals surface area contributed by atoms with Gasteiger partial charge in [0.1, 0.15) is 5.75 Å². The fraction of sp³-hybridized carbons (Fsp3) is 0.100. The Morgan fingerprint density at radius 3 is 2.38 bits per heavy atom. The summed E-state index contributed by atoms with van der Waals surface area (Å²) in [6.07, 6.45) is 0. The van der Waals surface area contributed by atoms with Crippen molar-refractivity contribution >= 4 is 23.6 Å². The second kappa shape index (κ2) is 6.30. The van der Waals surface area contributed by atoms with Crippen molar-refractivity contribution in [2.24, 2.45) is 0 Å². The predicted octanol–water partition coefficient (Wildman–Crippen LogP) is 0.305. The van der Waals surface area contributed by atoms with E-state index in [0.717, 1.165) is 16.0 Å². The molecule has 1 heterocycles. The molecular weight excluding hydrogens is 269 g/mol. The number of thiazole rings is 1. The van der Waals surface area contributed by atoms with Gasteiger partial charge >= 0.3 is 51.4 Å². The van der Waals surface area contributed by atoms with E-state index in [9.17, 15) is 5.21 Å². The number of methoxy groups -OCH3 is 1. The first kappa shape index (κ1) is 14.4. The van der Waals surface area contributed by atoms with Gasteiger partial charge in [0, 0.05) is 5.38 Å². The van der Waals surface area contributed by atoms with Crippen LogP contribution in [0.3, 0.4) is 0 Å². The van der Waals surface area contributed by atoms with E-state index in [4.69, 9.17) is 17.0 Å². The molecule has 16 heavy (non-hydrogen) atoms. The van der Waals surface area contributed by atoms with Gasteiger partial charge < -0.3 is 14.7 Å². The average Bonchev–Trinajstić information content (AvgIpc) is 2.60. The Labute approximate surface area is 145 Å². The molecule has 0 amide bonds. The minimum atomic E-state index is 0. The fourth-order valence-electron chi connectivity index (χ4n) is 1.25. The van der Waals surface area contributed by atoms with Gasteiger partial charge in [0.15, 0.2) is 3.95 Å². The molecule has 1 aromatic carbocycles. The molecule has 0 aliphatic rings. The molecule has 3 nitrogen and oxygen atoms in total. The third kappa shape index (κ3) is 2.95. The molecule has 6 heteroatoms. The van der Waals surface area contributed by atoms with Crippen LogP contribution in [-0.2, 0) is 0 Å². The Balaban J connectivity index is 0.00000128. The van der Waals surface area contributed by atoms with Crippen LogP contribution in [0, 0.1) is 9.16 Å². The molecular formula is C10H8KNO2S2. The van der Waals surface area contributed by atoms with Gasteiger partial charge in [-0.15, -0.1) is 11.3 Å². The second-order valence-corrected chi connectivity index (χ2v) is 4.41. The summed E-state index contributed by atoms with van der Waals surface area (Å²) in [5, 5.41) is 13.3. The van der Waals surface area contributed by atoms with E-state index in [1.54, 1.807) is 12.5 Å². The van der Waals surface area contributed by atoms with E-state index in [0.29, 0.717) is 9.65 Å². The zero-order valence-corrected chi connectivity index (χ0v) is 13.7. The number of nitrogens with zero attached hydrogens (tertiary/aromatic N) is 1. The van der Waals surface area contributed by atoms with E-state index in [1.165, 1.54) is 11.3 Å². The van der Waals surface area contributed by atoms with Crippen molar-refractivity contribution in [1.82, 2.24) is 4.73 Å². The summed E-state index contributed by atoms with van der Waals surface area (Å²) in [6, 6.07) is 7.31. The van der Waals surface area contributed by atoms with Crippen molar-refractivity contribution in [3.63, 3.8) is 0 Å². The molecule has 2 aromatic rings. The van der Waals surface area contributed by atoms with Crippen LogP contribution in [0.5, 0.6) is 5.75 Å². The molecule has 0 unspecified atom stereocenters. The summed E-state index contributed by atoms with van der Waals surface area (Å²) >= 11 is 6.14. The summed E-state index contributed by atoms with van der Waals surface area (Å²) < 4.78 is 6.14. The number of aromatic nitrogens is 1. The first-order valence-electron chi connectivity index (χ1n) is 4.25. The monoisotopic (exact) mass is 277 g/mol. The van der Waals surface area contributed by atoms with Gasteiger partial charge in [-0.1, -0.05) is 0 Å². The van der Waals surface area contributed by atoms with Gasteiger partial charge in [-0.3, -0.25) is 0 Å². The molecule has 0 atom stereocenters. The quantitative estimate of drug-likeness (QED) is 0.585. The number of benzene rings is 1. The van der Waals surface area contributed by atoms with Gasteiger partial charge in [0.2, 0.25) is 0 Å². The standard InChI is InChI=1S/C10H8NO2S2.K/c1-13-8-4-2-7(3-5-8)9-6-15-10(14)11(9)12;/h2-6H,1H3;/q-1;+1. The predicted molar refractivity (Wildman–Crippen MR) is 63.9 cm³/mol. The van der Waals surface area contributed by atoms with Crippen LogP contribution in [0.1, 0.15) is 0 Å². The molecule has 0 saturated carbocycles. The first-order valence-corrected chi connectivity index (χ1v) is 5.53. The maximum absolute atomic E-state index is 11.5. The molecule has 0 spiro atoms. The van der Waals surface area contributed by atoms with Gasteiger partial charge in [0.05, 0.1) is 12.8 Å². The Morgan fingerprint density at radius 2 is 1.94 bits per heavy atom. The molecule has 78 valence electrons.